The molecule has 0 spiro atoms. The van der Waals surface area contributed by atoms with Gasteiger partial charge in [-0.1, -0.05) is 5.16 Å². The smallest absolute Gasteiger partial charge is 0.170 e. The molecule has 0 amide bonds. The molecule has 0 atom stereocenters. The van der Waals surface area contributed by atoms with Crippen LogP contribution in [0.3, 0.4) is 0 Å². The van der Waals surface area contributed by atoms with Crippen LogP contribution < -0.4 is 14.9 Å². The summed E-state index contributed by atoms with van der Waals surface area (Å²) in [5, 5.41) is 11.4. The maximum absolute atomic E-state index is 8.43. The Bertz CT molecular complexity index is 534. The number of nitrogen functional groups attached to an aromatic ring is 1. The van der Waals surface area contributed by atoms with E-state index in [9.17, 15) is 0 Å². The maximum Gasteiger partial charge on any atom is 0.170 e. The van der Waals surface area contributed by atoms with Crippen LogP contribution >= 0.6 is 0 Å². The number of anilines is 1. The van der Waals surface area contributed by atoms with Gasteiger partial charge in [0.15, 0.2) is 37.9 Å². The highest BCUT2D eigenvalue weighted by molar-refractivity contribution is 5.78. The number of nitrogens with zero attached hydrogens (tertiary/aromatic N) is 3. The Labute approximate surface area is 112 Å². The molecule has 0 saturated heterocycles. The third kappa shape index (κ3) is 4.06. The number of oxime groups is 1. The second-order valence-electron chi connectivity index (χ2n) is 4.34. The zero-order valence-corrected chi connectivity index (χ0v) is 10.7. The highest BCUT2D eigenvalue weighted by Gasteiger charge is 2.04. The van der Waals surface area contributed by atoms with Gasteiger partial charge in [0.1, 0.15) is 0 Å². The molecule has 0 aromatic carbocycles. The predicted molar refractivity (Wildman–Crippen MR) is 71.7 cm³/mol. The lowest BCUT2D eigenvalue weighted by atomic mass is 10.3. The van der Waals surface area contributed by atoms with Gasteiger partial charge in [-0.2, -0.15) is 0 Å². The molecule has 0 fully saturated rings. The molecule has 0 aliphatic carbocycles. The summed E-state index contributed by atoms with van der Waals surface area (Å²) in [7, 11) is 0. The number of hydrogen-bond acceptors (Lipinski definition) is 3. The van der Waals surface area contributed by atoms with Gasteiger partial charge in [-0.05, 0) is 0 Å². The van der Waals surface area contributed by atoms with Crippen LogP contribution in [0.2, 0.25) is 0 Å². The first-order valence-electron chi connectivity index (χ1n) is 6.19. The normalized spacial score (nSPS) is 10.9. The second kappa shape index (κ2) is 6.49. The fraction of sp³-hybridized carbons (Fsp3) is 0.214. The highest BCUT2D eigenvalue weighted by Crippen LogP contribution is 1.94. The summed E-state index contributed by atoms with van der Waals surface area (Å²) < 4.78 is 4.22. The number of aryl methyl sites for hydroxylation is 2. The Kier molecular flexibility index (Phi) is 4.44. The molecule has 2 aromatic rings. The molecular weight excluding hydrogens is 240 g/mol. The largest absolute Gasteiger partial charge is 0.411 e. The van der Waals surface area contributed by atoms with E-state index >= 15 is 0 Å². The van der Waals surface area contributed by atoms with E-state index in [1.54, 1.807) is 0 Å². The van der Waals surface area contributed by atoms with Crippen LogP contribution in [0.4, 0.5) is 5.69 Å². The van der Waals surface area contributed by atoms with Crippen molar-refractivity contribution in [2.75, 3.05) is 5.73 Å². The van der Waals surface area contributed by atoms with E-state index in [-0.39, 0.29) is 0 Å². The molecule has 98 valence electrons. The first kappa shape index (κ1) is 13.0. The molecule has 2 aromatic heterocycles. The van der Waals surface area contributed by atoms with Crippen LogP contribution in [0, 0.1) is 0 Å². The molecular formula is C14H18N4O+2. The molecule has 2 heterocycles. The van der Waals surface area contributed by atoms with Crippen molar-refractivity contribution in [3.05, 3.63) is 54.6 Å². The molecule has 0 aliphatic heterocycles. The molecule has 0 bridgehead atoms. The van der Waals surface area contributed by atoms with Gasteiger partial charge in [0.2, 0.25) is 0 Å². The quantitative estimate of drug-likeness (QED) is 0.359. The minimum atomic E-state index is 0.784. The number of aromatic nitrogens is 2. The van der Waals surface area contributed by atoms with Crippen LogP contribution in [-0.4, -0.2) is 11.4 Å². The first-order chi connectivity index (χ1) is 9.28. The monoisotopic (exact) mass is 258 g/mol. The Morgan fingerprint density at radius 3 is 2.05 bits per heavy atom. The Hall–Kier alpha value is -2.43. The van der Waals surface area contributed by atoms with Crippen LogP contribution in [0.15, 0.2) is 54.2 Å². The van der Waals surface area contributed by atoms with Gasteiger partial charge < -0.3 is 10.9 Å². The molecule has 5 heteroatoms. The van der Waals surface area contributed by atoms with Gasteiger partial charge in [-0.15, -0.1) is 0 Å². The van der Waals surface area contributed by atoms with Crippen LogP contribution in [0.1, 0.15) is 12.0 Å². The zero-order chi connectivity index (χ0) is 13.5. The van der Waals surface area contributed by atoms with Crippen molar-refractivity contribution in [2.24, 2.45) is 5.16 Å². The Morgan fingerprint density at radius 1 is 1.00 bits per heavy atom. The molecule has 19 heavy (non-hydrogen) atoms. The van der Waals surface area contributed by atoms with Gasteiger partial charge in [-0.3, -0.25) is 0 Å². The predicted octanol–water partition coefficient (Wildman–Crippen LogP) is 0.742. The Morgan fingerprint density at radius 2 is 1.53 bits per heavy atom. The van der Waals surface area contributed by atoms with E-state index in [0.717, 1.165) is 30.8 Å². The molecule has 0 unspecified atom stereocenters. The van der Waals surface area contributed by atoms with Crippen molar-refractivity contribution in [3.63, 3.8) is 0 Å². The number of nitrogens with two attached hydrogens (primary N) is 1. The van der Waals surface area contributed by atoms with E-state index in [1.165, 1.54) is 6.21 Å². The molecule has 0 aliphatic rings. The minimum absolute atomic E-state index is 0.784. The van der Waals surface area contributed by atoms with Gasteiger partial charge >= 0.3 is 0 Å². The summed E-state index contributed by atoms with van der Waals surface area (Å²) in [5.41, 5.74) is 7.30. The summed E-state index contributed by atoms with van der Waals surface area (Å²) in [6.07, 6.45) is 10.4. The van der Waals surface area contributed by atoms with E-state index in [2.05, 4.69) is 14.3 Å². The summed E-state index contributed by atoms with van der Waals surface area (Å²) >= 11 is 0. The number of rotatable bonds is 5. The number of pyridine rings is 2. The van der Waals surface area contributed by atoms with Gasteiger partial charge in [0, 0.05) is 35.5 Å². The van der Waals surface area contributed by atoms with Crippen molar-refractivity contribution >= 4 is 11.9 Å². The van der Waals surface area contributed by atoms with Crippen LogP contribution in [0.5, 0.6) is 0 Å². The topological polar surface area (TPSA) is 66.4 Å². The van der Waals surface area contributed by atoms with Crippen molar-refractivity contribution in [1.82, 2.24) is 0 Å². The lowest BCUT2D eigenvalue weighted by molar-refractivity contribution is -0.726. The maximum atomic E-state index is 8.43. The van der Waals surface area contributed by atoms with E-state index < -0.39 is 0 Å². The molecule has 5 nitrogen and oxygen atoms in total. The molecule has 3 N–H and O–H groups in total. The van der Waals surface area contributed by atoms with Crippen molar-refractivity contribution < 1.29 is 14.3 Å². The highest BCUT2D eigenvalue weighted by atomic mass is 16.4. The van der Waals surface area contributed by atoms with E-state index in [0.29, 0.717) is 0 Å². The Balaban J connectivity index is 1.83. The van der Waals surface area contributed by atoms with Crippen molar-refractivity contribution in [1.29, 1.82) is 0 Å². The zero-order valence-electron chi connectivity index (χ0n) is 10.7. The lowest BCUT2D eigenvalue weighted by Crippen LogP contribution is -2.38. The van der Waals surface area contributed by atoms with E-state index in [4.69, 9.17) is 10.9 Å². The number of hydrogen-bond donors (Lipinski definition) is 2. The van der Waals surface area contributed by atoms with Crippen molar-refractivity contribution in [2.45, 2.75) is 19.5 Å². The SMILES string of the molecule is Nc1cc[n+](CCC[n+]2ccc(/C=N/O)cc2)cc1. The lowest BCUT2D eigenvalue weighted by Gasteiger charge is -1.97. The third-order valence-electron chi connectivity index (χ3n) is 2.87. The molecule has 0 saturated carbocycles. The van der Waals surface area contributed by atoms with E-state index in [1.807, 2.05) is 49.1 Å². The third-order valence-corrected chi connectivity index (χ3v) is 2.87. The fourth-order valence-corrected chi connectivity index (χ4v) is 1.82. The van der Waals surface area contributed by atoms with Gasteiger partial charge in [-0.25, -0.2) is 9.13 Å². The summed E-state index contributed by atoms with van der Waals surface area (Å²) in [5.74, 6) is 0. The van der Waals surface area contributed by atoms with Gasteiger partial charge in [0.25, 0.3) is 0 Å². The van der Waals surface area contributed by atoms with Crippen LogP contribution in [0.25, 0.3) is 0 Å². The average molecular weight is 258 g/mol. The first-order valence-corrected chi connectivity index (χ1v) is 6.19. The molecule has 2 rings (SSSR count). The summed E-state index contributed by atoms with van der Waals surface area (Å²) in [6, 6.07) is 7.62. The minimum Gasteiger partial charge on any atom is -0.411 e. The van der Waals surface area contributed by atoms with Crippen molar-refractivity contribution in [3.8, 4) is 0 Å². The summed E-state index contributed by atoms with van der Waals surface area (Å²) in [4.78, 5) is 0. The second-order valence-corrected chi connectivity index (χ2v) is 4.34. The average Bonchev–Trinajstić information content (AvgIpc) is 2.43. The summed E-state index contributed by atoms with van der Waals surface area (Å²) in [6.45, 7) is 1.89. The van der Waals surface area contributed by atoms with Crippen LogP contribution in [-0.2, 0) is 13.1 Å². The van der Waals surface area contributed by atoms with Gasteiger partial charge in [0.05, 0.1) is 12.6 Å². The standard InChI is InChI=1S/C14H16N4O/c15-14-4-10-18(11-5-14)7-1-6-17-8-2-13(3-9-17)12-16-19/h2-5,8-12,15H,1,6-7H2/p+2. The molecule has 0 radical (unpaired) electrons. The fourth-order valence-electron chi connectivity index (χ4n) is 1.82.